The standard InChI is InChI=1S/C18H21N5O/c1-12-11-17(20-13(2)19-12)23-9-7-14(8-10-23)21-18-22-15-5-3-4-6-16(15)24-18/h3-6,11,14H,7-10H2,1-2H3,(H,21,22). The van der Waals surface area contributed by atoms with Crippen molar-refractivity contribution < 1.29 is 4.42 Å². The van der Waals surface area contributed by atoms with Crippen LogP contribution >= 0.6 is 0 Å². The molecule has 4 rings (SSSR count). The Morgan fingerprint density at radius 3 is 2.62 bits per heavy atom. The number of benzene rings is 1. The predicted octanol–water partition coefficient (Wildman–Crippen LogP) is 3.32. The van der Waals surface area contributed by atoms with E-state index in [1.807, 2.05) is 38.1 Å². The first-order valence-electron chi connectivity index (χ1n) is 8.37. The van der Waals surface area contributed by atoms with E-state index in [1.54, 1.807) is 0 Å². The normalized spacial score (nSPS) is 15.8. The van der Waals surface area contributed by atoms with Crippen LogP contribution in [0.1, 0.15) is 24.4 Å². The van der Waals surface area contributed by atoms with Crippen LogP contribution in [0.4, 0.5) is 11.8 Å². The molecule has 124 valence electrons. The molecule has 1 aliphatic heterocycles. The smallest absolute Gasteiger partial charge is 0.295 e. The van der Waals surface area contributed by atoms with Crippen LogP contribution in [0.15, 0.2) is 34.7 Å². The number of nitrogens with one attached hydrogen (secondary N) is 1. The van der Waals surface area contributed by atoms with Crippen LogP contribution < -0.4 is 10.2 Å². The number of para-hydroxylation sites is 2. The minimum Gasteiger partial charge on any atom is -0.424 e. The molecule has 0 saturated carbocycles. The van der Waals surface area contributed by atoms with Gasteiger partial charge in [-0.15, -0.1) is 0 Å². The van der Waals surface area contributed by atoms with E-state index in [-0.39, 0.29) is 0 Å². The maximum atomic E-state index is 5.76. The number of piperidine rings is 1. The van der Waals surface area contributed by atoms with Gasteiger partial charge in [0.05, 0.1) is 0 Å². The lowest BCUT2D eigenvalue weighted by molar-refractivity contribution is 0.502. The Hall–Kier alpha value is -2.63. The maximum absolute atomic E-state index is 5.76. The number of aromatic nitrogens is 3. The third-order valence-corrected chi connectivity index (χ3v) is 4.39. The lowest BCUT2D eigenvalue weighted by Crippen LogP contribution is -2.39. The number of aryl methyl sites for hydroxylation is 2. The molecule has 3 aromatic rings. The van der Waals surface area contributed by atoms with E-state index in [2.05, 4.69) is 31.2 Å². The van der Waals surface area contributed by atoms with Crippen molar-refractivity contribution >= 4 is 22.9 Å². The predicted molar refractivity (Wildman–Crippen MR) is 94.4 cm³/mol. The summed E-state index contributed by atoms with van der Waals surface area (Å²) >= 11 is 0. The summed E-state index contributed by atoms with van der Waals surface area (Å²) in [6.45, 7) is 5.89. The monoisotopic (exact) mass is 323 g/mol. The Kier molecular flexibility index (Phi) is 3.80. The number of oxazole rings is 1. The highest BCUT2D eigenvalue weighted by atomic mass is 16.4. The molecule has 6 heteroatoms. The van der Waals surface area contributed by atoms with Crippen LogP contribution in [-0.2, 0) is 0 Å². The SMILES string of the molecule is Cc1cc(N2CCC(Nc3nc4ccccc4o3)CC2)nc(C)n1. The van der Waals surface area contributed by atoms with Gasteiger partial charge in [0.25, 0.3) is 6.01 Å². The molecule has 0 radical (unpaired) electrons. The molecule has 2 aromatic heterocycles. The minimum absolute atomic E-state index is 0.373. The molecule has 24 heavy (non-hydrogen) atoms. The van der Waals surface area contributed by atoms with E-state index in [0.29, 0.717) is 12.1 Å². The maximum Gasteiger partial charge on any atom is 0.295 e. The first-order chi connectivity index (χ1) is 11.7. The number of rotatable bonds is 3. The zero-order valence-corrected chi connectivity index (χ0v) is 14.0. The summed E-state index contributed by atoms with van der Waals surface area (Å²) in [5, 5.41) is 3.43. The van der Waals surface area contributed by atoms with Gasteiger partial charge in [-0.3, -0.25) is 0 Å². The van der Waals surface area contributed by atoms with Crippen molar-refractivity contribution in [3.63, 3.8) is 0 Å². The van der Waals surface area contributed by atoms with E-state index in [9.17, 15) is 0 Å². The highest BCUT2D eigenvalue weighted by molar-refractivity contribution is 5.74. The van der Waals surface area contributed by atoms with Gasteiger partial charge in [-0.2, -0.15) is 4.98 Å². The molecule has 1 fully saturated rings. The summed E-state index contributed by atoms with van der Waals surface area (Å²) in [6, 6.07) is 10.9. The molecule has 0 unspecified atom stereocenters. The fourth-order valence-electron chi connectivity index (χ4n) is 3.22. The van der Waals surface area contributed by atoms with Crippen molar-refractivity contribution in [2.75, 3.05) is 23.3 Å². The third-order valence-electron chi connectivity index (χ3n) is 4.39. The summed E-state index contributed by atoms with van der Waals surface area (Å²) in [7, 11) is 0. The lowest BCUT2D eigenvalue weighted by Gasteiger charge is -2.33. The molecule has 1 N–H and O–H groups in total. The molecule has 0 amide bonds. The largest absolute Gasteiger partial charge is 0.424 e. The van der Waals surface area contributed by atoms with Gasteiger partial charge in [0, 0.05) is 30.9 Å². The zero-order valence-electron chi connectivity index (χ0n) is 14.0. The van der Waals surface area contributed by atoms with Crippen molar-refractivity contribution in [1.82, 2.24) is 15.0 Å². The summed E-state index contributed by atoms with van der Waals surface area (Å²) in [4.78, 5) is 15.7. The average Bonchev–Trinajstić information content (AvgIpc) is 2.97. The molecule has 0 bridgehead atoms. The topological polar surface area (TPSA) is 67.1 Å². The van der Waals surface area contributed by atoms with Gasteiger partial charge >= 0.3 is 0 Å². The highest BCUT2D eigenvalue weighted by Gasteiger charge is 2.22. The molecule has 0 aliphatic carbocycles. The lowest BCUT2D eigenvalue weighted by atomic mass is 10.1. The van der Waals surface area contributed by atoms with Crippen LogP contribution in [0.3, 0.4) is 0 Å². The first-order valence-corrected chi connectivity index (χ1v) is 8.37. The zero-order chi connectivity index (χ0) is 16.5. The van der Waals surface area contributed by atoms with Gasteiger partial charge in [0.1, 0.15) is 17.2 Å². The van der Waals surface area contributed by atoms with Crippen molar-refractivity contribution in [3.8, 4) is 0 Å². The summed E-state index contributed by atoms with van der Waals surface area (Å²) in [6.07, 6.45) is 2.06. The van der Waals surface area contributed by atoms with E-state index >= 15 is 0 Å². The second kappa shape index (κ2) is 6.11. The van der Waals surface area contributed by atoms with Crippen molar-refractivity contribution in [2.24, 2.45) is 0 Å². The molecule has 3 heterocycles. The highest BCUT2D eigenvalue weighted by Crippen LogP contribution is 2.23. The molecule has 0 spiro atoms. The van der Waals surface area contributed by atoms with E-state index in [4.69, 9.17) is 4.42 Å². The van der Waals surface area contributed by atoms with Gasteiger partial charge in [0.15, 0.2) is 5.58 Å². The van der Waals surface area contributed by atoms with Gasteiger partial charge in [0.2, 0.25) is 0 Å². The van der Waals surface area contributed by atoms with Gasteiger partial charge < -0.3 is 14.6 Å². The third kappa shape index (κ3) is 3.04. The number of nitrogens with zero attached hydrogens (tertiary/aromatic N) is 4. The summed E-state index contributed by atoms with van der Waals surface area (Å²) in [5.41, 5.74) is 2.73. The molecule has 0 atom stereocenters. The number of anilines is 2. The number of hydrogen-bond donors (Lipinski definition) is 1. The molecule has 1 aliphatic rings. The van der Waals surface area contributed by atoms with E-state index < -0.39 is 0 Å². The number of hydrogen-bond acceptors (Lipinski definition) is 6. The minimum atomic E-state index is 0.373. The van der Waals surface area contributed by atoms with E-state index in [0.717, 1.165) is 54.4 Å². The van der Waals surface area contributed by atoms with Crippen LogP contribution in [0.25, 0.3) is 11.1 Å². The Balaban J connectivity index is 1.40. The molecule has 1 saturated heterocycles. The van der Waals surface area contributed by atoms with Crippen molar-refractivity contribution in [1.29, 1.82) is 0 Å². The molecule has 1 aromatic carbocycles. The summed E-state index contributed by atoms with van der Waals surface area (Å²) in [5.74, 6) is 1.86. The first kappa shape index (κ1) is 14.9. The van der Waals surface area contributed by atoms with Gasteiger partial charge in [-0.05, 0) is 38.8 Å². The molecular weight excluding hydrogens is 302 g/mol. The van der Waals surface area contributed by atoms with Crippen molar-refractivity contribution in [2.45, 2.75) is 32.7 Å². The average molecular weight is 323 g/mol. The Bertz CT molecular complexity index is 798. The fraction of sp³-hybridized carbons (Fsp3) is 0.389. The van der Waals surface area contributed by atoms with Gasteiger partial charge in [-0.1, -0.05) is 12.1 Å². The molecular formula is C18H21N5O. The van der Waals surface area contributed by atoms with E-state index in [1.165, 1.54) is 0 Å². The van der Waals surface area contributed by atoms with Crippen LogP contribution in [0.2, 0.25) is 0 Å². The van der Waals surface area contributed by atoms with Crippen molar-refractivity contribution in [3.05, 3.63) is 41.9 Å². The second-order valence-electron chi connectivity index (χ2n) is 6.31. The summed E-state index contributed by atoms with van der Waals surface area (Å²) < 4.78 is 5.76. The fourth-order valence-corrected chi connectivity index (χ4v) is 3.22. The molecule has 6 nitrogen and oxygen atoms in total. The number of fused-ring (bicyclic) bond motifs is 1. The second-order valence-corrected chi connectivity index (χ2v) is 6.31. The Labute approximate surface area is 140 Å². The van der Waals surface area contributed by atoms with Gasteiger partial charge in [-0.25, -0.2) is 9.97 Å². The Morgan fingerprint density at radius 1 is 1.08 bits per heavy atom. The Morgan fingerprint density at radius 2 is 1.88 bits per heavy atom. The van der Waals surface area contributed by atoms with Crippen LogP contribution in [0.5, 0.6) is 0 Å². The quantitative estimate of drug-likeness (QED) is 0.797. The van der Waals surface area contributed by atoms with Crippen LogP contribution in [-0.4, -0.2) is 34.1 Å². The van der Waals surface area contributed by atoms with Crippen LogP contribution in [0, 0.1) is 13.8 Å².